The van der Waals surface area contributed by atoms with Gasteiger partial charge in [0.2, 0.25) is 0 Å². The van der Waals surface area contributed by atoms with Crippen LogP contribution in [0.25, 0.3) is 0 Å². The van der Waals surface area contributed by atoms with Crippen molar-refractivity contribution in [3.05, 3.63) is 35.1 Å². The Kier molecular flexibility index (Phi) is 4.02. The first-order chi connectivity index (χ1) is 8.09. The zero-order chi connectivity index (χ0) is 14.1. The summed E-state index contributed by atoms with van der Waals surface area (Å²) in [6, 6.07) is 1.33. The van der Waals surface area contributed by atoms with Crippen LogP contribution in [0.3, 0.4) is 0 Å². The Labute approximate surface area is 102 Å². The normalized spacial score (nSPS) is 14.7. The summed E-state index contributed by atoms with van der Waals surface area (Å²) in [6.07, 6.45) is -4.59. The summed E-state index contributed by atoms with van der Waals surface area (Å²) in [5.41, 5.74) is 3.85. The number of benzene rings is 1. The highest BCUT2D eigenvalue weighted by atomic mass is 19.4. The minimum absolute atomic E-state index is 0.0398. The zero-order valence-electron chi connectivity index (χ0n) is 10.1. The molecule has 1 aromatic carbocycles. The number of alkyl halides is 3. The Balaban J connectivity index is 3.14. The number of aliphatic hydroxyl groups is 1. The summed E-state index contributed by atoms with van der Waals surface area (Å²) in [5, 5.41) is 9.12. The quantitative estimate of drug-likeness (QED) is 0.825. The van der Waals surface area contributed by atoms with Crippen LogP contribution in [0.1, 0.15) is 31.0 Å². The van der Waals surface area contributed by atoms with Gasteiger partial charge in [0.15, 0.2) is 0 Å². The van der Waals surface area contributed by atoms with Gasteiger partial charge in [0, 0.05) is 23.6 Å². The smallest absolute Gasteiger partial charge is 0.396 e. The molecule has 1 rings (SSSR count). The molecule has 0 aromatic heterocycles. The number of aliphatic hydroxyl groups excluding tert-OH is 1. The molecule has 0 fully saturated rings. The molecule has 0 radical (unpaired) electrons. The first kappa shape index (κ1) is 14.9. The minimum atomic E-state index is -4.59. The summed E-state index contributed by atoms with van der Waals surface area (Å²) in [5.74, 6) is -1.01. The largest absolute Gasteiger partial charge is 0.416 e. The number of hydrogen-bond donors (Lipinski definition) is 2. The highest BCUT2D eigenvalue weighted by Gasteiger charge is 2.33. The Morgan fingerprint density at radius 1 is 1.28 bits per heavy atom. The van der Waals surface area contributed by atoms with Gasteiger partial charge in [-0.25, -0.2) is 4.39 Å². The van der Waals surface area contributed by atoms with E-state index in [1.54, 1.807) is 13.8 Å². The first-order valence-electron chi connectivity index (χ1n) is 5.32. The Bertz CT molecular complexity index is 429. The van der Waals surface area contributed by atoms with Crippen molar-refractivity contribution in [1.29, 1.82) is 0 Å². The monoisotopic (exact) mass is 265 g/mol. The molecule has 0 saturated carbocycles. The van der Waals surface area contributed by atoms with E-state index in [2.05, 4.69) is 0 Å². The van der Waals surface area contributed by atoms with Crippen LogP contribution in [0.2, 0.25) is 0 Å². The maximum atomic E-state index is 13.6. The second-order valence-electron chi connectivity index (χ2n) is 4.86. The van der Waals surface area contributed by atoms with Crippen LogP contribution < -0.4 is 5.73 Å². The molecule has 0 aliphatic carbocycles. The fourth-order valence-electron chi connectivity index (χ4n) is 1.47. The van der Waals surface area contributed by atoms with Crippen molar-refractivity contribution in [3.63, 3.8) is 0 Å². The molecule has 0 aliphatic heterocycles. The standard InChI is InChI=1S/C12H15F4NO/c1-11(2,6-18)10(17)8-4-3-7(5-9(8)13)12(14,15)16/h3-5,10,18H,6,17H2,1-2H3/t10-/m1/s1. The van der Waals surface area contributed by atoms with E-state index in [1.807, 2.05) is 0 Å². The Hall–Kier alpha value is -1.14. The van der Waals surface area contributed by atoms with Crippen LogP contribution >= 0.6 is 0 Å². The summed E-state index contributed by atoms with van der Waals surface area (Å²) in [6.45, 7) is 2.91. The van der Waals surface area contributed by atoms with Crippen LogP contribution in [0.15, 0.2) is 18.2 Å². The predicted molar refractivity (Wildman–Crippen MR) is 59.2 cm³/mol. The lowest BCUT2D eigenvalue weighted by Crippen LogP contribution is -2.33. The topological polar surface area (TPSA) is 46.2 Å². The Morgan fingerprint density at radius 3 is 2.22 bits per heavy atom. The van der Waals surface area contributed by atoms with Crippen molar-refractivity contribution in [3.8, 4) is 0 Å². The van der Waals surface area contributed by atoms with E-state index in [9.17, 15) is 17.6 Å². The molecule has 0 bridgehead atoms. The second kappa shape index (κ2) is 4.85. The van der Waals surface area contributed by atoms with Crippen LogP contribution in [0.5, 0.6) is 0 Å². The number of nitrogens with two attached hydrogens (primary N) is 1. The molecule has 0 heterocycles. The zero-order valence-corrected chi connectivity index (χ0v) is 10.1. The molecule has 1 atom stereocenters. The van der Waals surface area contributed by atoms with E-state index < -0.39 is 29.0 Å². The third-order valence-corrected chi connectivity index (χ3v) is 2.91. The lowest BCUT2D eigenvalue weighted by Gasteiger charge is -2.30. The van der Waals surface area contributed by atoms with E-state index in [1.165, 1.54) is 0 Å². The van der Waals surface area contributed by atoms with Crippen LogP contribution in [-0.4, -0.2) is 11.7 Å². The van der Waals surface area contributed by atoms with Crippen molar-refractivity contribution >= 4 is 0 Å². The van der Waals surface area contributed by atoms with Crippen molar-refractivity contribution in [2.24, 2.45) is 11.1 Å². The average molecular weight is 265 g/mol. The van der Waals surface area contributed by atoms with Crippen LogP contribution in [-0.2, 0) is 6.18 Å². The van der Waals surface area contributed by atoms with Crippen LogP contribution in [0, 0.1) is 11.2 Å². The van der Waals surface area contributed by atoms with E-state index in [-0.39, 0.29) is 12.2 Å². The summed E-state index contributed by atoms with van der Waals surface area (Å²) >= 11 is 0. The molecule has 0 unspecified atom stereocenters. The van der Waals surface area contributed by atoms with E-state index >= 15 is 0 Å². The van der Waals surface area contributed by atoms with Gasteiger partial charge < -0.3 is 10.8 Å². The molecule has 0 amide bonds. The number of rotatable bonds is 3. The molecule has 0 spiro atoms. The van der Waals surface area contributed by atoms with Crippen molar-refractivity contribution in [2.45, 2.75) is 26.1 Å². The SMILES string of the molecule is CC(C)(CO)[C@H](N)c1ccc(C(F)(F)F)cc1F. The summed E-state index contributed by atoms with van der Waals surface area (Å²) in [4.78, 5) is 0. The maximum Gasteiger partial charge on any atom is 0.416 e. The average Bonchev–Trinajstić information content (AvgIpc) is 2.26. The van der Waals surface area contributed by atoms with Gasteiger partial charge in [-0.05, 0) is 12.1 Å². The second-order valence-corrected chi connectivity index (χ2v) is 4.86. The van der Waals surface area contributed by atoms with Gasteiger partial charge in [-0.15, -0.1) is 0 Å². The summed E-state index contributed by atoms with van der Waals surface area (Å²) in [7, 11) is 0. The molecule has 0 saturated heterocycles. The van der Waals surface area contributed by atoms with Crippen LogP contribution in [0.4, 0.5) is 17.6 Å². The van der Waals surface area contributed by atoms with Gasteiger partial charge in [0.1, 0.15) is 5.82 Å². The van der Waals surface area contributed by atoms with Gasteiger partial charge in [-0.1, -0.05) is 19.9 Å². The predicted octanol–water partition coefficient (Wildman–Crippen LogP) is 2.86. The molecular weight excluding hydrogens is 250 g/mol. The molecule has 0 aliphatic rings. The first-order valence-corrected chi connectivity index (χ1v) is 5.32. The fourth-order valence-corrected chi connectivity index (χ4v) is 1.47. The van der Waals surface area contributed by atoms with Gasteiger partial charge in [0.05, 0.1) is 5.56 Å². The molecule has 6 heteroatoms. The third-order valence-electron chi connectivity index (χ3n) is 2.91. The van der Waals surface area contributed by atoms with E-state index in [4.69, 9.17) is 10.8 Å². The Morgan fingerprint density at radius 2 is 1.83 bits per heavy atom. The molecule has 2 nitrogen and oxygen atoms in total. The molecule has 3 N–H and O–H groups in total. The van der Waals surface area contributed by atoms with Gasteiger partial charge in [0.25, 0.3) is 0 Å². The molecular formula is C12H15F4NO. The molecule has 18 heavy (non-hydrogen) atoms. The van der Waals surface area contributed by atoms with Gasteiger partial charge in [-0.2, -0.15) is 13.2 Å². The highest BCUT2D eigenvalue weighted by Crippen LogP contribution is 2.35. The lowest BCUT2D eigenvalue weighted by atomic mass is 9.81. The lowest BCUT2D eigenvalue weighted by molar-refractivity contribution is -0.137. The fraction of sp³-hybridized carbons (Fsp3) is 0.500. The minimum Gasteiger partial charge on any atom is -0.396 e. The van der Waals surface area contributed by atoms with E-state index in [0.29, 0.717) is 6.07 Å². The molecule has 102 valence electrons. The third kappa shape index (κ3) is 3.00. The summed E-state index contributed by atoms with van der Waals surface area (Å²) < 4.78 is 50.7. The van der Waals surface area contributed by atoms with Crippen molar-refractivity contribution in [1.82, 2.24) is 0 Å². The van der Waals surface area contributed by atoms with Crippen molar-refractivity contribution < 1.29 is 22.7 Å². The van der Waals surface area contributed by atoms with Gasteiger partial charge >= 0.3 is 6.18 Å². The number of hydrogen-bond acceptors (Lipinski definition) is 2. The van der Waals surface area contributed by atoms with Crippen molar-refractivity contribution in [2.75, 3.05) is 6.61 Å². The maximum absolute atomic E-state index is 13.6. The van der Waals surface area contributed by atoms with E-state index in [0.717, 1.165) is 12.1 Å². The highest BCUT2D eigenvalue weighted by molar-refractivity contribution is 5.29. The van der Waals surface area contributed by atoms with Gasteiger partial charge in [-0.3, -0.25) is 0 Å². The number of halogens is 4. The molecule has 1 aromatic rings.